The summed E-state index contributed by atoms with van der Waals surface area (Å²) in [7, 11) is 0. The van der Waals surface area contributed by atoms with Gasteiger partial charge in [-0.1, -0.05) is 42.5 Å². The number of amides is 1. The summed E-state index contributed by atoms with van der Waals surface area (Å²) in [5.74, 6) is 0.128. The van der Waals surface area contributed by atoms with Gasteiger partial charge in [0.25, 0.3) is 0 Å². The molecule has 27 heavy (non-hydrogen) atoms. The minimum atomic E-state index is 0.0554. The molecule has 1 N–H and O–H groups in total. The van der Waals surface area contributed by atoms with Crippen LogP contribution in [0, 0.1) is 13.8 Å². The number of carbonyl (C=O) groups is 1. The van der Waals surface area contributed by atoms with E-state index in [4.69, 9.17) is 0 Å². The van der Waals surface area contributed by atoms with Crippen molar-refractivity contribution in [2.75, 3.05) is 37.6 Å². The average Bonchev–Trinajstić information content (AvgIpc) is 2.69. The first-order valence-corrected chi connectivity index (χ1v) is 9.92. The van der Waals surface area contributed by atoms with Crippen LogP contribution in [0.1, 0.15) is 36.1 Å². The van der Waals surface area contributed by atoms with E-state index < -0.39 is 0 Å². The Kier molecular flexibility index (Phi) is 6.51. The van der Waals surface area contributed by atoms with Gasteiger partial charge in [0.05, 0.1) is 6.04 Å². The number of hydrogen-bond donors (Lipinski definition) is 1. The standard InChI is InChI=1S/C23H31N3O/c1-18-8-7-11-22(19(18)2)26-16-14-25(15-17-26)13-12-23(27)24-20(3)21-9-5-4-6-10-21/h4-11,20H,12-17H2,1-3H3,(H,24,27). The van der Waals surface area contributed by atoms with E-state index in [1.54, 1.807) is 0 Å². The van der Waals surface area contributed by atoms with Crippen LogP contribution in [0.3, 0.4) is 0 Å². The maximum atomic E-state index is 12.3. The highest BCUT2D eigenvalue weighted by Gasteiger charge is 2.19. The molecule has 4 nitrogen and oxygen atoms in total. The zero-order valence-corrected chi connectivity index (χ0v) is 16.7. The number of piperazine rings is 1. The minimum Gasteiger partial charge on any atom is -0.369 e. The maximum Gasteiger partial charge on any atom is 0.221 e. The van der Waals surface area contributed by atoms with Crippen molar-refractivity contribution >= 4 is 11.6 Å². The fourth-order valence-corrected chi connectivity index (χ4v) is 3.69. The van der Waals surface area contributed by atoms with Gasteiger partial charge >= 0.3 is 0 Å². The number of nitrogens with one attached hydrogen (secondary N) is 1. The molecule has 0 bridgehead atoms. The van der Waals surface area contributed by atoms with Crippen molar-refractivity contribution in [1.29, 1.82) is 0 Å². The van der Waals surface area contributed by atoms with Crippen molar-refractivity contribution in [2.45, 2.75) is 33.2 Å². The molecule has 1 aliphatic rings. The number of rotatable bonds is 6. The summed E-state index contributed by atoms with van der Waals surface area (Å²) < 4.78 is 0. The largest absolute Gasteiger partial charge is 0.369 e. The van der Waals surface area contributed by atoms with Crippen molar-refractivity contribution in [3.63, 3.8) is 0 Å². The van der Waals surface area contributed by atoms with Gasteiger partial charge in [-0.05, 0) is 43.5 Å². The van der Waals surface area contributed by atoms with Crippen molar-refractivity contribution in [2.24, 2.45) is 0 Å². The van der Waals surface area contributed by atoms with Crippen molar-refractivity contribution in [3.8, 4) is 0 Å². The van der Waals surface area contributed by atoms with E-state index in [0.717, 1.165) is 38.3 Å². The molecule has 1 unspecified atom stereocenters. The zero-order valence-electron chi connectivity index (χ0n) is 16.7. The molecule has 2 aromatic rings. The first-order chi connectivity index (χ1) is 13.0. The fourth-order valence-electron chi connectivity index (χ4n) is 3.69. The number of aryl methyl sites for hydroxylation is 1. The predicted octanol–water partition coefficient (Wildman–Crippen LogP) is 3.69. The van der Waals surface area contributed by atoms with E-state index in [2.05, 4.69) is 59.3 Å². The number of anilines is 1. The van der Waals surface area contributed by atoms with Gasteiger partial charge in [-0.2, -0.15) is 0 Å². The third-order valence-electron chi connectivity index (χ3n) is 5.62. The first-order valence-electron chi connectivity index (χ1n) is 9.92. The number of carbonyl (C=O) groups excluding carboxylic acids is 1. The molecule has 3 rings (SSSR count). The van der Waals surface area contributed by atoms with Crippen LogP contribution >= 0.6 is 0 Å². The maximum absolute atomic E-state index is 12.3. The fraction of sp³-hybridized carbons (Fsp3) is 0.435. The Labute approximate surface area is 163 Å². The van der Waals surface area contributed by atoms with Gasteiger partial charge in [0.1, 0.15) is 0 Å². The van der Waals surface area contributed by atoms with Gasteiger partial charge < -0.3 is 10.2 Å². The van der Waals surface area contributed by atoms with Gasteiger partial charge in [-0.3, -0.25) is 9.69 Å². The van der Waals surface area contributed by atoms with E-state index in [9.17, 15) is 4.79 Å². The summed E-state index contributed by atoms with van der Waals surface area (Å²) in [6.45, 7) is 11.3. The molecule has 0 radical (unpaired) electrons. The summed E-state index contributed by atoms with van der Waals surface area (Å²) >= 11 is 0. The lowest BCUT2D eigenvalue weighted by molar-refractivity contribution is -0.122. The molecule has 1 saturated heterocycles. The van der Waals surface area contributed by atoms with Gasteiger partial charge in [0.15, 0.2) is 0 Å². The number of nitrogens with zero attached hydrogens (tertiary/aromatic N) is 2. The Morgan fingerprint density at radius 1 is 1.00 bits per heavy atom. The molecule has 0 aliphatic carbocycles. The highest BCUT2D eigenvalue weighted by Crippen LogP contribution is 2.23. The molecule has 0 saturated carbocycles. The lowest BCUT2D eigenvalue weighted by atomic mass is 10.1. The Morgan fingerprint density at radius 2 is 1.70 bits per heavy atom. The quantitative estimate of drug-likeness (QED) is 0.848. The van der Waals surface area contributed by atoms with Gasteiger partial charge in [0.2, 0.25) is 5.91 Å². The SMILES string of the molecule is Cc1cccc(N2CCN(CCC(=O)NC(C)c3ccccc3)CC2)c1C. The van der Waals surface area contributed by atoms with E-state index in [1.807, 2.05) is 25.1 Å². The van der Waals surface area contributed by atoms with Crippen LogP contribution in [0.15, 0.2) is 48.5 Å². The molecule has 1 heterocycles. The Hall–Kier alpha value is -2.33. The molecule has 1 fully saturated rings. The summed E-state index contributed by atoms with van der Waals surface area (Å²) in [4.78, 5) is 17.2. The van der Waals surface area contributed by atoms with E-state index >= 15 is 0 Å². The Morgan fingerprint density at radius 3 is 2.41 bits per heavy atom. The third kappa shape index (κ3) is 5.10. The lowest BCUT2D eigenvalue weighted by Gasteiger charge is -2.37. The monoisotopic (exact) mass is 365 g/mol. The smallest absolute Gasteiger partial charge is 0.221 e. The van der Waals surface area contributed by atoms with Crippen molar-refractivity contribution < 1.29 is 4.79 Å². The topological polar surface area (TPSA) is 35.6 Å². The Bertz CT molecular complexity index is 751. The number of hydrogen-bond acceptors (Lipinski definition) is 3. The van der Waals surface area contributed by atoms with Crippen LogP contribution in [0.2, 0.25) is 0 Å². The summed E-state index contributed by atoms with van der Waals surface area (Å²) in [5.41, 5.74) is 5.22. The van der Waals surface area contributed by atoms with Crippen LogP contribution in [0.25, 0.3) is 0 Å². The molecule has 144 valence electrons. The second-order valence-electron chi connectivity index (χ2n) is 7.50. The van der Waals surface area contributed by atoms with Crippen LogP contribution in [-0.2, 0) is 4.79 Å². The molecule has 1 atom stereocenters. The van der Waals surface area contributed by atoms with Gasteiger partial charge in [-0.25, -0.2) is 0 Å². The summed E-state index contributed by atoms with van der Waals surface area (Å²) in [5, 5.41) is 3.11. The average molecular weight is 366 g/mol. The Balaban J connectivity index is 1.43. The molecular formula is C23H31N3O. The molecule has 2 aromatic carbocycles. The number of benzene rings is 2. The highest BCUT2D eigenvalue weighted by molar-refractivity contribution is 5.76. The third-order valence-corrected chi connectivity index (χ3v) is 5.62. The van der Waals surface area contributed by atoms with Crippen LogP contribution in [-0.4, -0.2) is 43.5 Å². The summed E-state index contributed by atoms with van der Waals surface area (Å²) in [6, 6.07) is 16.7. The molecule has 1 amide bonds. The normalized spacial score (nSPS) is 16.2. The molecular weight excluding hydrogens is 334 g/mol. The van der Waals surface area contributed by atoms with Crippen LogP contribution < -0.4 is 10.2 Å². The van der Waals surface area contributed by atoms with E-state index in [1.165, 1.54) is 16.8 Å². The van der Waals surface area contributed by atoms with E-state index in [0.29, 0.717) is 6.42 Å². The van der Waals surface area contributed by atoms with Gasteiger partial charge in [0, 0.05) is 44.8 Å². The molecule has 0 spiro atoms. The van der Waals surface area contributed by atoms with Crippen molar-refractivity contribution in [1.82, 2.24) is 10.2 Å². The molecule has 4 heteroatoms. The van der Waals surface area contributed by atoms with Gasteiger partial charge in [-0.15, -0.1) is 0 Å². The summed E-state index contributed by atoms with van der Waals surface area (Å²) in [6.07, 6.45) is 0.556. The van der Waals surface area contributed by atoms with E-state index in [-0.39, 0.29) is 11.9 Å². The lowest BCUT2D eigenvalue weighted by Crippen LogP contribution is -2.47. The predicted molar refractivity (Wildman–Crippen MR) is 112 cm³/mol. The molecule has 0 aromatic heterocycles. The van der Waals surface area contributed by atoms with Crippen LogP contribution in [0.5, 0.6) is 0 Å². The van der Waals surface area contributed by atoms with Crippen LogP contribution in [0.4, 0.5) is 5.69 Å². The second-order valence-corrected chi connectivity index (χ2v) is 7.50. The minimum absolute atomic E-state index is 0.0554. The first kappa shape index (κ1) is 19.4. The van der Waals surface area contributed by atoms with Crippen molar-refractivity contribution in [3.05, 3.63) is 65.2 Å². The zero-order chi connectivity index (χ0) is 19.2. The second kappa shape index (κ2) is 9.05. The highest BCUT2D eigenvalue weighted by atomic mass is 16.1. The molecule has 1 aliphatic heterocycles.